The number of ketones is 1. The summed E-state index contributed by atoms with van der Waals surface area (Å²) in [4.78, 5) is 37.5. The van der Waals surface area contributed by atoms with Gasteiger partial charge in [-0.2, -0.15) is 0 Å². The molecular weight excluding hydrogens is 412 g/mol. The summed E-state index contributed by atoms with van der Waals surface area (Å²) in [6.07, 6.45) is 9.53. The van der Waals surface area contributed by atoms with Crippen molar-refractivity contribution in [3.8, 4) is 0 Å². The van der Waals surface area contributed by atoms with Gasteiger partial charge in [-0.05, 0) is 56.3 Å². The third-order valence-electron chi connectivity index (χ3n) is 6.49. The molecule has 3 aromatic rings. The molecule has 0 spiro atoms. The van der Waals surface area contributed by atoms with Gasteiger partial charge in [0.25, 0.3) is 0 Å². The van der Waals surface area contributed by atoms with Crippen LogP contribution in [0.25, 0.3) is 28.0 Å². The maximum absolute atomic E-state index is 12.8. The Balaban J connectivity index is 1.42. The van der Waals surface area contributed by atoms with Gasteiger partial charge in [0.15, 0.2) is 5.78 Å². The van der Waals surface area contributed by atoms with Crippen molar-refractivity contribution in [1.29, 1.82) is 0 Å². The van der Waals surface area contributed by atoms with Crippen LogP contribution in [0.3, 0.4) is 0 Å². The zero-order chi connectivity index (χ0) is 23.2. The van der Waals surface area contributed by atoms with Crippen LogP contribution in [-0.2, 0) is 4.79 Å². The highest BCUT2D eigenvalue weighted by molar-refractivity contribution is 6.09. The van der Waals surface area contributed by atoms with E-state index >= 15 is 0 Å². The minimum absolute atomic E-state index is 0.00770. The molecule has 2 aromatic heterocycles. The van der Waals surface area contributed by atoms with Crippen molar-refractivity contribution in [2.24, 2.45) is 0 Å². The number of likely N-dealkylation sites (N-methyl/N-ethyl adjacent to an activating group) is 1. The fourth-order valence-corrected chi connectivity index (χ4v) is 4.35. The van der Waals surface area contributed by atoms with E-state index in [1.165, 1.54) is 19.3 Å². The standard InChI is InChI=1S/C27H34N4O2/c1-3-4-5-6-7-8-21-10-11-22-23-19-20(9-12-24(23)29-27(22)28-21)25(32)13-14-26(33)31-17-15-30(2)16-18-31/h7-12,19H,3-6,13-18H2,1-2H3,(H,28,29)/b8-7+. The van der Waals surface area contributed by atoms with E-state index in [2.05, 4.69) is 42.1 Å². The number of rotatable bonds is 9. The van der Waals surface area contributed by atoms with Crippen molar-refractivity contribution in [1.82, 2.24) is 19.8 Å². The molecule has 6 nitrogen and oxygen atoms in total. The number of aromatic nitrogens is 2. The first-order valence-electron chi connectivity index (χ1n) is 12.1. The zero-order valence-electron chi connectivity index (χ0n) is 19.8. The number of hydrogen-bond acceptors (Lipinski definition) is 4. The highest BCUT2D eigenvalue weighted by Crippen LogP contribution is 2.26. The van der Waals surface area contributed by atoms with E-state index in [1.807, 2.05) is 29.2 Å². The molecule has 1 amide bonds. The minimum Gasteiger partial charge on any atom is -0.340 e. The molecule has 0 saturated carbocycles. The second-order valence-electron chi connectivity index (χ2n) is 9.02. The summed E-state index contributed by atoms with van der Waals surface area (Å²) in [5.41, 5.74) is 3.38. The molecule has 1 fully saturated rings. The zero-order valence-corrected chi connectivity index (χ0v) is 19.8. The summed E-state index contributed by atoms with van der Waals surface area (Å²) < 4.78 is 0. The van der Waals surface area contributed by atoms with Crippen molar-refractivity contribution < 1.29 is 9.59 Å². The van der Waals surface area contributed by atoms with Gasteiger partial charge in [-0.15, -0.1) is 0 Å². The maximum Gasteiger partial charge on any atom is 0.223 e. The Morgan fingerprint density at radius 3 is 2.64 bits per heavy atom. The fraction of sp³-hybridized carbons (Fsp3) is 0.444. The molecule has 4 rings (SSSR count). The summed E-state index contributed by atoms with van der Waals surface area (Å²) >= 11 is 0. The maximum atomic E-state index is 12.8. The van der Waals surface area contributed by atoms with E-state index in [0.29, 0.717) is 5.56 Å². The van der Waals surface area contributed by atoms with Gasteiger partial charge in [0.05, 0.1) is 5.69 Å². The highest BCUT2D eigenvalue weighted by atomic mass is 16.2. The molecule has 33 heavy (non-hydrogen) atoms. The van der Waals surface area contributed by atoms with Crippen LogP contribution in [0.15, 0.2) is 36.4 Å². The van der Waals surface area contributed by atoms with Crippen LogP contribution in [0.2, 0.25) is 0 Å². The number of allylic oxidation sites excluding steroid dienone is 1. The predicted octanol–water partition coefficient (Wildman–Crippen LogP) is 5.05. The molecule has 3 heterocycles. The van der Waals surface area contributed by atoms with Crippen LogP contribution in [0, 0.1) is 0 Å². The summed E-state index contributed by atoms with van der Waals surface area (Å²) in [6.45, 7) is 5.48. The predicted molar refractivity (Wildman–Crippen MR) is 134 cm³/mol. The third kappa shape index (κ3) is 5.69. The molecule has 0 atom stereocenters. The number of pyridine rings is 1. The Hall–Kier alpha value is -2.99. The number of aromatic amines is 1. The average molecular weight is 447 g/mol. The van der Waals surface area contributed by atoms with E-state index in [9.17, 15) is 9.59 Å². The van der Waals surface area contributed by atoms with Gasteiger partial charge in [0.1, 0.15) is 5.65 Å². The van der Waals surface area contributed by atoms with Crippen molar-refractivity contribution in [2.75, 3.05) is 33.2 Å². The average Bonchev–Trinajstić information content (AvgIpc) is 3.19. The van der Waals surface area contributed by atoms with Crippen LogP contribution < -0.4 is 0 Å². The molecule has 1 aromatic carbocycles. The van der Waals surface area contributed by atoms with Crippen LogP contribution in [0.5, 0.6) is 0 Å². The Labute approximate surface area is 195 Å². The monoisotopic (exact) mass is 446 g/mol. The third-order valence-corrected chi connectivity index (χ3v) is 6.49. The Morgan fingerprint density at radius 1 is 1.03 bits per heavy atom. The summed E-state index contributed by atoms with van der Waals surface area (Å²) in [7, 11) is 2.06. The number of amides is 1. The number of nitrogens with zero attached hydrogens (tertiary/aromatic N) is 3. The summed E-state index contributed by atoms with van der Waals surface area (Å²) in [5, 5.41) is 2.00. The van der Waals surface area contributed by atoms with Crippen molar-refractivity contribution >= 4 is 39.7 Å². The van der Waals surface area contributed by atoms with Crippen molar-refractivity contribution in [2.45, 2.75) is 45.4 Å². The number of carbonyl (C=O) groups excluding carboxylic acids is 2. The van der Waals surface area contributed by atoms with E-state index in [0.717, 1.165) is 60.2 Å². The van der Waals surface area contributed by atoms with Crippen LogP contribution >= 0.6 is 0 Å². The molecule has 1 aliphatic heterocycles. The number of unbranched alkanes of at least 4 members (excludes halogenated alkanes) is 3. The fourth-order valence-electron chi connectivity index (χ4n) is 4.35. The van der Waals surface area contributed by atoms with Crippen LogP contribution in [0.4, 0.5) is 0 Å². The first kappa shape index (κ1) is 23.2. The number of fused-ring (bicyclic) bond motifs is 3. The number of piperazine rings is 1. The van der Waals surface area contributed by atoms with Gasteiger partial charge in [-0.1, -0.05) is 25.8 Å². The van der Waals surface area contributed by atoms with Gasteiger partial charge >= 0.3 is 0 Å². The van der Waals surface area contributed by atoms with E-state index in [4.69, 9.17) is 4.98 Å². The smallest absolute Gasteiger partial charge is 0.223 e. The van der Waals surface area contributed by atoms with Gasteiger partial charge in [0, 0.05) is 60.9 Å². The Kier molecular flexibility index (Phi) is 7.55. The molecule has 0 aliphatic carbocycles. The van der Waals surface area contributed by atoms with E-state index < -0.39 is 0 Å². The van der Waals surface area contributed by atoms with Gasteiger partial charge in [0.2, 0.25) is 5.91 Å². The SMILES string of the molecule is CCCCC/C=C/c1ccc2c(n1)[nH]c1ccc(C(=O)CCC(=O)N3CCN(C)CC3)cc12. The number of nitrogens with one attached hydrogen (secondary N) is 1. The molecule has 0 unspecified atom stereocenters. The molecule has 0 bridgehead atoms. The first-order valence-corrected chi connectivity index (χ1v) is 12.1. The van der Waals surface area contributed by atoms with Gasteiger partial charge < -0.3 is 14.8 Å². The highest BCUT2D eigenvalue weighted by Gasteiger charge is 2.20. The van der Waals surface area contributed by atoms with Gasteiger partial charge in [-0.3, -0.25) is 9.59 Å². The van der Waals surface area contributed by atoms with Crippen LogP contribution in [-0.4, -0.2) is 64.7 Å². The molecule has 1 aliphatic rings. The Morgan fingerprint density at radius 2 is 1.85 bits per heavy atom. The minimum atomic E-state index is 0.00770. The lowest BCUT2D eigenvalue weighted by Gasteiger charge is -2.32. The lowest BCUT2D eigenvalue weighted by atomic mass is 10.0. The first-order chi connectivity index (χ1) is 16.0. The summed E-state index contributed by atoms with van der Waals surface area (Å²) in [5.74, 6) is 0.0809. The number of benzene rings is 1. The lowest BCUT2D eigenvalue weighted by Crippen LogP contribution is -2.47. The quantitative estimate of drug-likeness (QED) is 0.369. The molecule has 1 saturated heterocycles. The van der Waals surface area contributed by atoms with Gasteiger partial charge in [-0.25, -0.2) is 4.98 Å². The number of H-pyrrole nitrogens is 1. The Bertz CT molecular complexity index is 1160. The molecule has 174 valence electrons. The second kappa shape index (κ2) is 10.8. The molecular formula is C27H34N4O2. The largest absolute Gasteiger partial charge is 0.340 e. The number of Topliss-reactive ketones (excluding diaryl/α,β-unsaturated/α-hetero) is 1. The number of carbonyl (C=O) groups is 2. The number of hydrogen-bond donors (Lipinski definition) is 1. The van der Waals surface area contributed by atoms with Crippen molar-refractivity contribution in [3.05, 3.63) is 47.7 Å². The van der Waals surface area contributed by atoms with E-state index in [-0.39, 0.29) is 24.5 Å². The molecule has 6 heteroatoms. The molecule has 1 N–H and O–H groups in total. The van der Waals surface area contributed by atoms with Crippen molar-refractivity contribution in [3.63, 3.8) is 0 Å². The second-order valence-corrected chi connectivity index (χ2v) is 9.02. The van der Waals surface area contributed by atoms with E-state index in [1.54, 1.807) is 0 Å². The lowest BCUT2D eigenvalue weighted by molar-refractivity contribution is -0.132. The summed E-state index contributed by atoms with van der Waals surface area (Å²) in [6, 6.07) is 9.80. The topological polar surface area (TPSA) is 69.3 Å². The normalized spacial score (nSPS) is 15.2. The molecule has 0 radical (unpaired) electrons. The van der Waals surface area contributed by atoms with Crippen LogP contribution in [0.1, 0.15) is 61.5 Å².